The van der Waals surface area contributed by atoms with Crippen LogP contribution in [0.1, 0.15) is 39.5 Å². The minimum Gasteiger partial charge on any atom is -0.328 e. The lowest BCUT2D eigenvalue weighted by Crippen LogP contribution is -2.16. The Balaban J connectivity index is 0.000000183. The first kappa shape index (κ1) is 10.9. The van der Waals surface area contributed by atoms with Crippen LogP contribution in [0.3, 0.4) is 0 Å². The van der Waals surface area contributed by atoms with Crippen molar-refractivity contribution >= 4 is 0 Å². The molecule has 1 heterocycles. The summed E-state index contributed by atoms with van der Waals surface area (Å²) in [6.07, 6.45) is 4.99. The fourth-order valence-electron chi connectivity index (χ4n) is 0.914. The normalized spacial score (nSPS) is 16.4. The van der Waals surface area contributed by atoms with Crippen molar-refractivity contribution in [3.63, 3.8) is 0 Å². The van der Waals surface area contributed by atoms with Crippen LogP contribution in [0.2, 0.25) is 0 Å². The van der Waals surface area contributed by atoms with Crippen molar-refractivity contribution in [1.82, 2.24) is 5.32 Å². The second kappa shape index (κ2) is 8.02. The zero-order valence-corrected chi connectivity index (χ0v) is 7.90. The third-order valence-electron chi connectivity index (χ3n) is 2.01. The van der Waals surface area contributed by atoms with Gasteiger partial charge in [-0.05, 0) is 38.8 Å². The molecule has 2 nitrogen and oxygen atoms in total. The minimum absolute atomic E-state index is 0.435. The van der Waals surface area contributed by atoms with Crippen molar-refractivity contribution in [3.8, 4) is 0 Å². The van der Waals surface area contributed by atoms with Crippen molar-refractivity contribution in [1.29, 1.82) is 0 Å². The van der Waals surface area contributed by atoms with Crippen molar-refractivity contribution in [2.45, 2.75) is 45.6 Å². The standard InChI is InChI=1S/C5H13N.C4H9N/c1-3-5(6)4-2;1-2-4-5-3-1/h5H,3-4,6H2,1-2H3;5H,1-4H2. The molecule has 0 spiro atoms. The van der Waals surface area contributed by atoms with Gasteiger partial charge in [-0.2, -0.15) is 0 Å². The van der Waals surface area contributed by atoms with Crippen molar-refractivity contribution < 1.29 is 0 Å². The fourth-order valence-corrected chi connectivity index (χ4v) is 0.914. The summed E-state index contributed by atoms with van der Waals surface area (Å²) in [5.74, 6) is 0. The van der Waals surface area contributed by atoms with E-state index in [0.717, 1.165) is 12.8 Å². The summed E-state index contributed by atoms with van der Waals surface area (Å²) in [5.41, 5.74) is 5.47. The van der Waals surface area contributed by atoms with Crippen LogP contribution < -0.4 is 11.1 Å². The first-order chi connectivity index (χ1) is 5.31. The summed E-state index contributed by atoms with van der Waals surface area (Å²) >= 11 is 0. The van der Waals surface area contributed by atoms with E-state index in [1.54, 1.807) is 0 Å². The van der Waals surface area contributed by atoms with Crippen LogP contribution >= 0.6 is 0 Å². The topological polar surface area (TPSA) is 38.0 Å². The lowest BCUT2D eigenvalue weighted by Gasteiger charge is -1.99. The van der Waals surface area contributed by atoms with Gasteiger partial charge in [0.2, 0.25) is 0 Å². The van der Waals surface area contributed by atoms with Gasteiger partial charge in [0, 0.05) is 6.04 Å². The molecule has 1 aliphatic rings. The molecule has 0 atom stereocenters. The van der Waals surface area contributed by atoms with Crippen molar-refractivity contribution in [2.24, 2.45) is 5.73 Å². The molecule has 2 heteroatoms. The maximum atomic E-state index is 5.47. The van der Waals surface area contributed by atoms with Crippen LogP contribution in [0.15, 0.2) is 0 Å². The lowest BCUT2D eigenvalue weighted by molar-refractivity contribution is 0.629. The number of rotatable bonds is 2. The smallest absolute Gasteiger partial charge is 0.00335 e. The number of hydrogen-bond donors (Lipinski definition) is 2. The van der Waals surface area contributed by atoms with Crippen LogP contribution in [0.25, 0.3) is 0 Å². The van der Waals surface area contributed by atoms with Crippen LogP contribution in [0, 0.1) is 0 Å². The predicted molar refractivity (Wildman–Crippen MR) is 50.7 cm³/mol. The van der Waals surface area contributed by atoms with Gasteiger partial charge in [-0.15, -0.1) is 0 Å². The molecule has 3 N–H and O–H groups in total. The van der Waals surface area contributed by atoms with E-state index in [4.69, 9.17) is 5.73 Å². The summed E-state index contributed by atoms with van der Waals surface area (Å²) in [7, 11) is 0. The highest BCUT2D eigenvalue weighted by atomic mass is 14.9. The molecule has 0 aromatic carbocycles. The van der Waals surface area contributed by atoms with Crippen molar-refractivity contribution in [3.05, 3.63) is 0 Å². The summed E-state index contributed by atoms with van der Waals surface area (Å²) in [6, 6.07) is 0.435. The SMILES string of the molecule is C1CCNC1.CCC(N)CC. The van der Waals surface area contributed by atoms with Crippen LogP contribution in [0.4, 0.5) is 0 Å². The Morgan fingerprint density at radius 2 is 1.64 bits per heavy atom. The Hall–Kier alpha value is -0.0800. The third kappa shape index (κ3) is 7.82. The molecule has 0 unspecified atom stereocenters. The average molecular weight is 158 g/mol. The predicted octanol–water partition coefficient (Wildman–Crippen LogP) is 1.50. The van der Waals surface area contributed by atoms with Gasteiger partial charge in [0.15, 0.2) is 0 Å². The van der Waals surface area contributed by atoms with Crippen LogP contribution in [0.5, 0.6) is 0 Å². The first-order valence-corrected chi connectivity index (χ1v) is 4.77. The molecule has 0 aromatic rings. The van der Waals surface area contributed by atoms with Gasteiger partial charge < -0.3 is 11.1 Å². The molecule has 0 saturated carbocycles. The largest absolute Gasteiger partial charge is 0.328 e. The summed E-state index contributed by atoms with van der Waals surface area (Å²) in [5, 5.41) is 3.22. The Kier molecular flexibility index (Phi) is 7.96. The van der Waals surface area contributed by atoms with Gasteiger partial charge in [-0.3, -0.25) is 0 Å². The highest BCUT2D eigenvalue weighted by molar-refractivity contribution is 4.55. The average Bonchev–Trinajstić information content (AvgIpc) is 2.60. The minimum atomic E-state index is 0.435. The second-order valence-corrected chi connectivity index (χ2v) is 3.03. The molecule has 0 aromatic heterocycles. The quantitative estimate of drug-likeness (QED) is 0.639. The molecule has 1 saturated heterocycles. The Morgan fingerprint density at radius 3 is 1.73 bits per heavy atom. The molecular formula is C9H22N2. The first-order valence-electron chi connectivity index (χ1n) is 4.77. The molecule has 0 aliphatic carbocycles. The van der Waals surface area contributed by atoms with E-state index in [0.29, 0.717) is 6.04 Å². The highest BCUT2D eigenvalue weighted by Crippen LogP contribution is 1.90. The third-order valence-corrected chi connectivity index (χ3v) is 2.01. The molecule has 1 fully saturated rings. The second-order valence-electron chi connectivity index (χ2n) is 3.03. The van der Waals surface area contributed by atoms with Gasteiger partial charge in [0.1, 0.15) is 0 Å². The van der Waals surface area contributed by atoms with E-state index >= 15 is 0 Å². The Morgan fingerprint density at radius 1 is 1.18 bits per heavy atom. The molecule has 11 heavy (non-hydrogen) atoms. The Labute approximate surface area is 70.5 Å². The summed E-state index contributed by atoms with van der Waals surface area (Å²) < 4.78 is 0. The Bertz CT molecular complexity index is 58.4. The monoisotopic (exact) mass is 158 g/mol. The lowest BCUT2D eigenvalue weighted by atomic mass is 10.2. The summed E-state index contributed by atoms with van der Waals surface area (Å²) in [6.45, 7) is 6.71. The maximum absolute atomic E-state index is 5.47. The maximum Gasteiger partial charge on any atom is 0.00335 e. The molecular weight excluding hydrogens is 136 g/mol. The number of nitrogens with one attached hydrogen (secondary N) is 1. The van der Waals surface area contributed by atoms with Gasteiger partial charge in [0.25, 0.3) is 0 Å². The molecule has 1 aliphatic heterocycles. The molecule has 68 valence electrons. The molecule has 0 radical (unpaired) electrons. The summed E-state index contributed by atoms with van der Waals surface area (Å²) in [4.78, 5) is 0. The number of hydrogen-bond acceptors (Lipinski definition) is 2. The van der Waals surface area contributed by atoms with Gasteiger partial charge in [-0.25, -0.2) is 0 Å². The van der Waals surface area contributed by atoms with Gasteiger partial charge >= 0.3 is 0 Å². The molecule has 0 amide bonds. The fraction of sp³-hybridized carbons (Fsp3) is 1.00. The number of nitrogens with two attached hydrogens (primary N) is 1. The molecule has 0 bridgehead atoms. The highest BCUT2D eigenvalue weighted by Gasteiger charge is 1.93. The van der Waals surface area contributed by atoms with Crippen LogP contribution in [-0.4, -0.2) is 19.1 Å². The van der Waals surface area contributed by atoms with E-state index in [1.807, 2.05) is 0 Å². The zero-order valence-electron chi connectivity index (χ0n) is 7.90. The van der Waals surface area contributed by atoms with Crippen LogP contribution in [-0.2, 0) is 0 Å². The zero-order chi connectivity index (χ0) is 8.53. The van der Waals surface area contributed by atoms with E-state index in [2.05, 4.69) is 19.2 Å². The van der Waals surface area contributed by atoms with Crippen molar-refractivity contribution in [2.75, 3.05) is 13.1 Å². The van der Waals surface area contributed by atoms with E-state index < -0.39 is 0 Å². The van der Waals surface area contributed by atoms with E-state index in [1.165, 1.54) is 25.9 Å². The van der Waals surface area contributed by atoms with E-state index in [-0.39, 0.29) is 0 Å². The molecule has 1 rings (SSSR count). The van der Waals surface area contributed by atoms with Gasteiger partial charge in [0.05, 0.1) is 0 Å². The van der Waals surface area contributed by atoms with Gasteiger partial charge in [-0.1, -0.05) is 13.8 Å². The van der Waals surface area contributed by atoms with E-state index in [9.17, 15) is 0 Å².